The summed E-state index contributed by atoms with van der Waals surface area (Å²) < 4.78 is 6.39. The van der Waals surface area contributed by atoms with Gasteiger partial charge in [0.05, 0.1) is 6.04 Å². The van der Waals surface area contributed by atoms with E-state index in [1.165, 1.54) is 39.3 Å². The number of carbonyl (C=O) groups is 3. The fourth-order valence-electron chi connectivity index (χ4n) is 4.23. The van der Waals surface area contributed by atoms with Crippen molar-refractivity contribution >= 4 is 79.6 Å². The summed E-state index contributed by atoms with van der Waals surface area (Å²) in [6.07, 6.45) is 0. The van der Waals surface area contributed by atoms with Crippen molar-refractivity contribution < 1.29 is 18.8 Å². The molecule has 0 radical (unpaired) electrons. The molecule has 0 spiro atoms. The van der Waals surface area contributed by atoms with Crippen molar-refractivity contribution in [1.82, 2.24) is 10.2 Å². The number of anilines is 1. The van der Waals surface area contributed by atoms with Crippen LogP contribution in [-0.4, -0.2) is 27.7 Å². The normalized spacial score (nSPS) is 17.7. The molecular weight excluding hydrogens is 550 g/mol. The van der Waals surface area contributed by atoms with Crippen LogP contribution in [0.5, 0.6) is 0 Å². The summed E-state index contributed by atoms with van der Waals surface area (Å²) in [6, 6.07) is 19.1. The molecule has 37 heavy (non-hydrogen) atoms. The predicted molar refractivity (Wildman–Crippen MR) is 145 cm³/mol. The second-order valence-electron chi connectivity index (χ2n) is 8.26. The zero-order valence-electron chi connectivity index (χ0n) is 18.9. The van der Waals surface area contributed by atoms with E-state index in [1.807, 2.05) is 53.9 Å². The first-order chi connectivity index (χ1) is 18.0. The molecule has 0 saturated carbocycles. The highest BCUT2D eigenvalue weighted by Crippen LogP contribution is 2.44. The Balaban J connectivity index is 1.31. The smallest absolute Gasteiger partial charge is 0.297 e. The number of halogens is 1. The van der Waals surface area contributed by atoms with Gasteiger partial charge in [0.1, 0.15) is 11.5 Å². The minimum atomic E-state index is -1.25. The molecule has 7 nitrogen and oxygen atoms in total. The Bertz CT molecular complexity index is 1600. The highest BCUT2D eigenvalue weighted by molar-refractivity contribution is 8.00. The predicted octanol–water partition coefficient (Wildman–Crippen LogP) is 6.45. The number of nitrogens with zero attached hydrogens (tertiary/aromatic N) is 3. The number of Topliss-reactive ketones (excluding diaryl/α,β-unsaturated/α-hetero) is 2. The van der Waals surface area contributed by atoms with Gasteiger partial charge >= 0.3 is 0 Å². The molecule has 1 amide bonds. The lowest BCUT2D eigenvalue weighted by Crippen LogP contribution is -2.30. The maximum atomic E-state index is 13.6. The van der Waals surface area contributed by atoms with Crippen LogP contribution in [0.3, 0.4) is 0 Å². The zero-order valence-corrected chi connectivity index (χ0v) is 22.1. The molecule has 1 saturated heterocycles. The van der Waals surface area contributed by atoms with E-state index in [9.17, 15) is 14.4 Å². The van der Waals surface area contributed by atoms with Gasteiger partial charge in [-0.25, -0.2) is 0 Å². The number of benzene rings is 2. The highest BCUT2D eigenvalue weighted by Gasteiger charge is 2.54. The summed E-state index contributed by atoms with van der Waals surface area (Å²) in [7, 11) is 0. The number of fused-ring (bicyclic) bond motifs is 1. The molecule has 11 heteroatoms. The first-order valence-electron chi connectivity index (χ1n) is 11.1. The van der Waals surface area contributed by atoms with Crippen LogP contribution in [0.2, 0.25) is 5.02 Å². The van der Waals surface area contributed by atoms with Gasteiger partial charge < -0.3 is 4.42 Å². The van der Waals surface area contributed by atoms with Crippen molar-refractivity contribution in [2.24, 2.45) is 5.92 Å². The van der Waals surface area contributed by atoms with Crippen LogP contribution in [0, 0.1) is 5.92 Å². The highest BCUT2D eigenvalue weighted by atomic mass is 35.5. The Morgan fingerprint density at radius 1 is 1.05 bits per heavy atom. The van der Waals surface area contributed by atoms with Gasteiger partial charge in [0.25, 0.3) is 5.91 Å². The van der Waals surface area contributed by atoms with Crippen LogP contribution in [0.15, 0.2) is 80.9 Å². The molecule has 4 heterocycles. The molecule has 0 bridgehead atoms. The van der Waals surface area contributed by atoms with Gasteiger partial charge in [-0.05, 0) is 41.3 Å². The molecule has 2 atom stereocenters. The zero-order chi connectivity index (χ0) is 25.5. The number of furan rings is 1. The van der Waals surface area contributed by atoms with Crippen molar-refractivity contribution in [2.75, 3.05) is 4.90 Å². The minimum absolute atomic E-state index is 0.0484. The molecule has 6 rings (SSSR count). The Labute approximate surface area is 228 Å². The van der Waals surface area contributed by atoms with Crippen LogP contribution >= 0.6 is 46.0 Å². The molecule has 1 aliphatic rings. The molecule has 1 aliphatic heterocycles. The number of carbonyl (C=O) groups excluding carboxylic acids is 3. The summed E-state index contributed by atoms with van der Waals surface area (Å²) in [4.78, 5) is 42.2. The molecule has 0 N–H and O–H groups in total. The van der Waals surface area contributed by atoms with E-state index < -0.39 is 29.4 Å². The van der Waals surface area contributed by atoms with E-state index in [2.05, 4.69) is 10.2 Å². The molecule has 2 aromatic carbocycles. The van der Waals surface area contributed by atoms with Gasteiger partial charge in [-0.3, -0.25) is 19.3 Å². The Hall–Kier alpha value is -3.31. The molecule has 0 aliphatic carbocycles. The van der Waals surface area contributed by atoms with Crippen molar-refractivity contribution in [3.8, 4) is 0 Å². The Morgan fingerprint density at radius 2 is 1.86 bits per heavy atom. The third-order valence-electron chi connectivity index (χ3n) is 5.97. The second kappa shape index (κ2) is 9.86. The fourth-order valence-corrected chi connectivity index (χ4v) is 7.04. The number of hydrogen-bond acceptors (Lipinski definition) is 9. The van der Waals surface area contributed by atoms with Gasteiger partial charge in [0, 0.05) is 21.0 Å². The van der Waals surface area contributed by atoms with Gasteiger partial charge in [0.2, 0.25) is 16.7 Å². The summed E-state index contributed by atoms with van der Waals surface area (Å²) in [5, 5.41) is 12.0. The number of thioether (sulfide) groups is 1. The largest absolute Gasteiger partial charge is 0.453 e. The molecule has 2 unspecified atom stereocenters. The van der Waals surface area contributed by atoms with Gasteiger partial charge in [0.15, 0.2) is 10.1 Å². The first-order valence-corrected chi connectivity index (χ1v) is 14.2. The van der Waals surface area contributed by atoms with Crippen molar-refractivity contribution in [3.05, 3.63) is 93.3 Å². The summed E-state index contributed by atoms with van der Waals surface area (Å²) in [5.74, 6) is -2.65. The van der Waals surface area contributed by atoms with Gasteiger partial charge in [-0.2, -0.15) is 0 Å². The summed E-state index contributed by atoms with van der Waals surface area (Å²) in [6.45, 7) is 0. The first kappa shape index (κ1) is 24.1. The number of aromatic nitrogens is 2. The molecular formula is C26H16ClN3O4S3. The number of rotatable bonds is 7. The van der Waals surface area contributed by atoms with E-state index in [-0.39, 0.29) is 10.9 Å². The molecule has 1 fully saturated rings. The number of thiophene rings is 1. The Morgan fingerprint density at radius 3 is 2.62 bits per heavy atom. The maximum Gasteiger partial charge on any atom is 0.297 e. The average Bonchev–Trinajstić information content (AvgIpc) is 3.70. The average molecular weight is 566 g/mol. The van der Waals surface area contributed by atoms with Crippen LogP contribution < -0.4 is 4.90 Å². The minimum Gasteiger partial charge on any atom is -0.453 e. The van der Waals surface area contributed by atoms with E-state index in [0.717, 1.165) is 10.9 Å². The lowest BCUT2D eigenvalue weighted by Gasteiger charge is -2.22. The second-order valence-corrected chi connectivity index (χ2v) is 11.8. The Kier molecular flexibility index (Phi) is 6.41. The monoisotopic (exact) mass is 565 g/mol. The third kappa shape index (κ3) is 4.50. The number of ketones is 2. The SMILES string of the molecule is O=C1C(=O)N(c2nnc(SCc3ccc(Cl)cc3)s2)C(c2cccs2)C1C(=O)c1cc2ccccc2o1. The van der Waals surface area contributed by atoms with Gasteiger partial charge in [-0.1, -0.05) is 71.1 Å². The molecule has 3 aromatic heterocycles. The molecule has 184 valence electrons. The number of hydrogen-bond donors (Lipinski definition) is 0. The molecule has 5 aromatic rings. The van der Waals surface area contributed by atoms with Crippen molar-refractivity contribution in [3.63, 3.8) is 0 Å². The standard InChI is InChI=1S/C26H16ClN3O4S3/c27-16-9-7-14(8-10-16)13-36-26-29-28-25(37-26)30-21(19-6-3-11-35-19)20(23(32)24(30)33)22(31)18-12-15-4-1-2-5-17(15)34-18/h1-12,20-21H,13H2. The van der Waals surface area contributed by atoms with Gasteiger partial charge in [-0.15, -0.1) is 21.5 Å². The lowest BCUT2D eigenvalue weighted by molar-refractivity contribution is -0.135. The van der Waals surface area contributed by atoms with Crippen molar-refractivity contribution in [1.29, 1.82) is 0 Å². The summed E-state index contributed by atoms with van der Waals surface area (Å²) >= 11 is 10.0. The third-order valence-corrected chi connectivity index (χ3v) is 9.29. The van der Waals surface area contributed by atoms with E-state index in [4.69, 9.17) is 16.0 Å². The van der Waals surface area contributed by atoms with Crippen LogP contribution in [0.25, 0.3) is 11.0 Å². The van der Waals surface area contributed by atoms with Crippen LogP contribution in [-0.2, 0) is 15.3 Å². The summed E-state index contributed by atoms with van der Waals surface area (Å²) in [5.41, 5.74) is 1.60. The van der Waals surface area contributed by atoms with E-state index >= 15 is 0 Å². The van der Waals surface area contributed by atoms with Crippen LogP contribution in [0.4, 0.5) is 5.13 Å². The van der Waals surface area contributed by atoms with E-state index in [1.54, 1.807) is 18.2 Å². The number of amides is 1. The maximum absolute atomic E-state index is 13.6. The quantitative estimate of drug-likeness (QED) is 0.0736. The number of para-hydroxylation sites is 1. The fraction of sp³-hybridized carbons (Fsp3) is 0.115. The topological polar surface area (TPSA) is 93.4 Å². The van der Waals surface area contributed by atoms with E-state index in [0.29, 0.717) is 25.6 Å². The lowest BCUT2D eigenvalue weighted by atomic mass is 9.92. The van der Waals surface area contributed by atoms with Crippen LogP contribution in [0.1, 0.15) is 27.0 Å². The van der Waals surface area contributed by atoms with Crippen molar-refractivity contribution in [2.45, 2.75) is 16.1 Å².